The minimum atomic E-state index is -0.878. The first kappa shape index (κ1) is 60.1. The molecule has 0 aliphatic carbocycles. The van der Waals surface area contributed by atoms with E-state index in [2.05, 4.69) is 25.7 Å². The molecule has 2 rings (SSSR count). The normalized spacial score (nSPS) is 12.6. The molecule has 0 N–H and O–H groups in total. The first-order valence-corrected chi connectivity index (χ1v) is 30.2. The molecule has 2 heterocycles. The van der Waals surface area contributed by atoms with Crippen molar-refractivity contribution < 1.29 is 59.4 Å². The van der Waals surface area contributed by atoms with E-state index in [0.717, 1.165) is 66.8 Å². The molecule has 12 heteroatoms. The molecule has 0 radical (unpaired) electrons. The number of rotatable bonds is 43. The van der Waals surface area contributed by atoms with E-state index in [1.54, 1.807) is 11.3 Å². The Labute approximate surface area is 416 Å². The zero-order valence-electron chi connectivity index (χ0n) is 42.6. The van der Waals surface area contributed by atoms with Crippen LogP contribution in [0, 0.1) is 0 Å². The second kappa shape index (κ2) is 39.8. The number of halogens is 1. The van der Waals surface area contributed by atoms with Crippen molar-refractivity contribution in [2.45, 2.75) is 250 Å². The summed E-state index contributed by atoms with van der Waals surface area (Å²) >= 11 is 0.677. The van der Waals surface area contributed by atoms with Gasteiger partial charge in [-0.15, -0.1) is 0 Å². The zero-order chi connectivity index (χ0) is 48.0. The molecule has 1 aromatic heterocycles. The number of carbonyl (C=O) groups is 5. The molecule has 0 aromatic carbocycles. The van der Waals surface area contributed by atoms with Gasteiger partial charge in [0.25, 0.3) is 0 Å². The molecular formula is C54H94IN2O8S-. The molecule has 0 saturated carbocycles. The Kier molecular flexibility index (Phi) is 36.2. The Morgan fingerprint density at radius 1 is 0.606 bits per heavy atom. The number of ether oxygens (including phenoxy) is 3. The number of amides is 1. The quantitative estimate of drug-likeness (QED) is 0.0157. The summed E-state index contributed by atoms with van der Waals surface area (Å²) in [6.45, 7) is 9.30. The molecule has 0 bridgehead atoms. The molecule has 10 nitrogen and oxygen atoms in total. The standard InChI is InChI=1S/C54H94IN2O8S/c1-6-9-12-15-18-19-20-23-30-41-63-51(60)36-29-27-35-50(59)57-40-38-46-48(44-57)66-47(53(46)54(62)64-42-31-39-56(4)5)43-55-49(58)34-26-28-37-52(61)65-45(32-24-21-16-13-10-7-2)33-25-22-17-14-11-8-3/h45H,6-44H2,1-5H3/q-1. The van der Waals surface area contributed by atoms with Gasteiger partial charge in [-0.2, -0.15) is 0 Å². The van der Waals surface area contributed by atoms with Crippen LogP contribution in [0.3, 0.4) is 0 Å². The molecule has 1 amide bonds. The molecule has 1 aromatic rings. The van der Waals surface area contributed by atoms with Crippen LogP contribution in [0.4, 0.5) is 0 Å². The number of carbonyl (C=O) groups excluding carboxylic acids is 5. The van der Waals surface area contributed by atoms with Gasteiger partial charge >= 0.3 is 286 Å². The summed E-state index contributed by atoms with van der Waals surface area (Å²) in [7, 11) is 3.99. The Hall–Kier alpha value is -2.06. The van der Waals surface area contributed by atoms with E-state index in [1.807, 2.05) is 19.0 Å². The van der Waals surface area contributed by atoms with Crippen molar-refractivity contribution in [3.05, 3.63) is 20.9 Å². The van der Waals surface area contributed by atoms with Gasteiger partial charge in [0.1, 0.15) is 0 Å². The summed E-state index contributed by atoms with van der Waals surface area (Å²) in [4.78, 5) is 71.3. The third-order valence-electron chi connectivity index (χ3n) is 12.6. The zero-order valence-corrected chi connectivity index (χ0v) is 45.6. The van der Waals surface area contributed by atoms with Crippen LogP contribution in [0.15, 0.2) is 0 Å². The van der Waals surface area contributed by atoms with Crippen molar-refractivity contribution >= 4 is 38.9 Å². The van der Waals surface area contributed by atoms with Gasteiger partial charge in [0.2, 0.25) is 0 Å². The van der Waals surface area contributed by atoms with Gasteiger partial charge in [0.15, 0.2) is 0 Å². The number of hydrogen-bond acceptors (Lipinski definition) is 10. The number of alkyl halides is 1. The van der Waals surface area contributed by atoms with Crippen molar-refractivity contribution in [2.24, 2.45) is 0 Å². The SMILES string of the molecule is CCCCCCCCCCCOC(=O)CCCCC(=O)N1CCc2c(sc(C[I-]C(=O)CCCCC(=O)OC(CCCCCCCC)CCCCCCCC)c2C(=O)OCCCN(C)C)C1. The molecule has 66 heavy (non-hydrogen) atoms. The van der Waals surface area contributed by atoms with Gasteiger partial charge < -0.3 is 4.74 Å². The van der Waals surface area contributed by atoms with E-state index in [1.165, 1.54) is 109 Å². The van der Waals surface area contributed by atoms with E-state index in [0.29, 0.717) is 94.1 Å². The second-order valence-corrected chi connectivity index (χ2v) is 22.9. The Balaban J connectivity index is 1.83. The van der Waals surface area contributed by atoms with Crippen LogP contribution in [-0.2, 0) is 50.8 Å². The predicted molar refractivity (Wildman–Crippen MR) is 267 cm³/mol. The van der Waals surface area contributed by atoms with Crippen LogP contribution in [0.2, 0.25) is 0 Å². The van der Waals surface area contributed by atoms with E-state index in [4.69, 9.17) is 14.2 Å². The summed E-state index contributed by atoms with van der Waals surface area (Å²) < 4.78 is 18.0. The first-order valence-electron chi connectivity index (χ1n) is 26.8. The Morgan fingerprint density at radius 3 is 1.71 bits per heavy atom. The topological polar surface area (TPSA) is 120 Å². The molecular weight excluding hydrogens is 964 g/mol. The molecule has 382 valence electrons. The van der Waals surface area contributed by atoms with Crippen molar-refractivity contribution in [3.8, 4) is 0 Å². The number of unbranched alkanes of at least 4 members (excludes halogenated alkanes) is 20. The van der Waals surface area contributed by atoms with E-state index in [-0.39, 0.29) is 33.7 Å². The molecule has 0 spiro atoms. The van der Waals surface area contributed by atoms with Crippen LogP contribution in [0.5, 0.6) is 0 Å². The summed E-state index contributed by atoms with van der Waals surface area (Å²) in [6.07, 6.45) is 33.0. The molecule has 0 atom stereocenters. The molecule has 1 aliphatic rings. The van der Waals surface area contributed by atoms with Crippen molar-refractivity contribution in [3.63, 3.8) is 0 Å². The molecule has 0 unspecified atom stereocenters. The summed E-state index contributed by atoms with van der Waals surface area (Å²) in [5, 5.41) is 0. The van der Waals surface area contributed by atoms with Gasteiger partial charge in [-0.3, -0.25) is 4.79 Å². The van der Waals surface area contributed by atoms with Crippen LogP contribution >= 0.6 is 11.3 Å². The number of thiophene rings is 1. The third-order valence-corrected chi connectivity index (χ3v) is 16.9. The van der Waals surface area contributed by atoms with E-state index < -0.39 is 21.2 Å². The maximum atomic E-state index is 13.6. The number of fused-ring (bicyclic) bond motifs is 1. The predicted octanol–water partition coefficient (Wildman–Crippen LogP) is 10.5. The average molecular weight is 1060 g/mol. The van der Waals surface area contributed by atoms with Gasteiger partial charge in [-0.25, -0.2) is 0 Å². The van der Waals surface area contributed by atoms with Crippen LogP contribution < -0.4 is 21.2 Å². The number of hydrogen-bond donors (Lipinski definition) is 0. The number of nitrogens with zero attached hydrogens (tertiary/aromatic N) is 2. The van der Waals surface area contributed by atoms with Crippen LogP contribution in [0.25, 0.3) is 0 Å². The first-order chi connectivity index (χ1) is 32.1. The van der Waals surface area contributed by atoms with Gasteiger partial charge in [0.05, 0.1) is 6.61 Å². The van der Waals surface area contributed by atoms with E-state index in [9.17, 15) is 24.0 Å². The Bertz CT molecular complexity index is 1450. The summed E-state index contributed by atoms with van der Waals surface area (Å²) in [5.41, 5.74) is 1.58. The second-order valence-electron chi connectivity index (χ2n) is 19.0. The molecule has 1 aliphatic heterocycles. The monoisotopic (exact) mass is 1060 g/mol. The third kappa shape index (κ3) is 29.1. The minimum absolute atomic E-state index is 0.000638. The van der Waals surface area contributed by atoms with Crippen LogP contribution in [-0.4, -0.2) is 83.9 Å². The number of esters is 3. The molecule has 0 saturated heterocycles. The van der Waals surface area contributed by atoms with Crippen molar-refractivity contribution in [1.29, 1.82) is 0 Å². The van der Waals surface area contributed by atoms with Crippen molar-refractivity contribution in [1.82, 2.24) is 9.80 Å². The fourth-order valence-corrected chi connectivity index (χ4v) is 12.5. The van der Waals surface area contributed by atoms with Gasteiger partial charge in [0, 0.05) is 0 Å². The fourth-order valence-electron chi connectivity index (χ4n) is 8.54. The summed E-state index contributed by atoms with van der Waals surface area (Å²) in [5.74, 6) is -0.584. The van der Waals surface area contributed by atoms with E-state index >= 15 is 0 Å². The Morgan fingerprint density at radius 2 is 1.12 bits per heavy atom. The van der Waals surface area contributed by atoms with Gasteiger partial charge in [-0.1, -0.05) is 111 Å². The average Bonchev–Trinajstić information content (AvgIpc) is 3.67. The summed E-state index contributed by atoms with van der Waals surface area (Å²) in [6, 6.07) is 0. The van der Waals surface area contributed by atoms with Crippen LogP contribution in [0.1, 0.15) is 252 Å². The van der Waals surface area contributed by atoms with Crippen molar-refractivity contribution in [2.75, 3.05) is 40.4 Å². The van der Waals surface area contributed by atoms with Gasteiger partial charge in [-0.05, 0) is 6.42 Å². The fraction of sp³-hybridized carbons (Fsp3) is 0.833. The maximum absolute atomic E-state index is 13.6. The molecule has 0 fully saturated rings.